The van der Waals surface area contributed by atoms with Crippen molar-refractivity contribution < 1.29 is 22.7 Å². The van der Waals surface area contributed by atoms with Gasteiger partial charge in [0, 0.05) is 13.2 Å². The van der Waals surface area contributed by atoms with Gasteiger partial charge in [-0.05, 0) is 31.2 Å². The molecule has 3 rings (SSSR count). The van der Waals surface area contributed by atoms with Gasteiger partial charge < -0.3 is 10.4 Å². The quantitative estimate of drug-likeness (QED) is 0.652. The van der Waals surface area contributed by atoms with Crippen LogP contribution in [-0.4, -0.2) is 40.1 Å². The number of sulfone groups is 1. The van der Waals surface area contributed by atoms with Gasteiger partial charge in [-0.25, -0.2) is 22.6 Å². The first-order valence-electron chi connectivity index (χ1n) is 7.48. The summed E-state index contributed by atoms with van der Waals surface area (Å²) in [4.78, 5) is 15.5. The molecule has 0 saturated carbocycles. The Bertz CT molecular complexity index is 1110. The number of hydrogen-bond donors (Lipinski definition) is 2. The maximum Gasteiger partial charge on any atom is 0.339 e. The zero-order chi connectivity index (χ0) is 19.1. The van der Waals surface area contributed by atoms with E-state index in [0.29, 0.717) is 16.7 Å². The Labute approximate surface area is 148 Å². The second kappa shape index (κ2) is 6.37. The minimum Gasteiger partial charge on any atom is -0.478 e. The number of hydrogen-bond acceptors (Lipinski definition) is 6. The third-order valence-corrected chi connectivity index (χ3v) is 5.38. The van der Waals surface area contributed by atoms with Gasteiger partial charge in [0.25, 0.3) is 0 Å². The second-order valence-electron chi connectivity index (χ2n) is 5.65. The summed E-state index contributed by atoms with van der Waals surface area (Å²) in [5.41, 5.74) is 0.899. The van der Waals surface area contributed by atoms with Crippen molar-refractivity contribution in [1.82, 2.24) is 14.8 Å². The zero-order valence-electron chi connectivity index (χ0n) is 13.9. The summed E-state index contributed by atoms with van der Waals surface area (Å²) in [6.07, 6.45) is 1.15. The second-order valence-corrected chi connectivity index (χ2v) is 7.64. The lowest BCUT2D eigenvalue weighted by Crippen LogP contribution is -2.17. The molecular formula is C16H15FN4O4S. The molecule has 0 atom stereocenters. The topological polar surface area (TPSA) is 114 Å². The number of aromatic carboxylic acids is 1. The fraction of sp³-hybridized carbons (Fsp3) is 0.188. The molecular weight excluding hydrogens is 363 g/mol. The van der Waals surface area contributed by atoms with E-state index < -0.39 is 27.5 Å². The Kier molecular flexibility index (Phi) is 4.36. The molecule has 2 N–H and O–H groups in total. The van der Waals surface area contributed by atoms with Crippen LogP contribution in [0.4, 0.5) is 10.1 Å². The number of pyridine rings is 1. The lowest BCUT2D eigenvalue weighted by Gasteiger charge is -2.12. The molecule has 0 spiro atoms. The summed E-state index contributed by atoms with van der Waals surface area (Å²) < 4.78 is 39.4. The van der Waals surface area contributed by atoms with Crippen molar-refractivity contribution in [2.45, 2.75) is 11.8 Å². The first-order chi connectivity index (χ1) is 12.2. The molecule has 2 aromatic heterocycles. The van der Waals surface area contributed by atoms with Gasteiger partial charge in [-0.1, -0.05) is 0 Å². The largest absolute Gasteiger partial charge is 0.478 e. The average molecular weight is 378 g/mol. The SMILES string of the molecule is Cc1nn(C)c2ncc(C(=O)O)c(NCS(=O)(=O)c3ccc(F)cc3)c12. The Balaban J connectivity index is 2.04. The Morgan fingerprint density at radius 3 is 2.58 bits per heavy atom. The highest BCUT2D eigenvalue weighted by molar-refractivity contribution is 7.91. The fourth-order valence-corrected chi connectivity index (χ4v) is 3.70. The van der Waals surface area contributed by atoms with E-state index in [1.165, 1.54) is 4.68 Å². The van der Waals surface area contributed by atoms with E-state index in [1.807, 2.05) is 0 Å². The van der Waals surface area contributed by atoms with Crippen LogP contribution < -0.4 is 5.32 Å². The van der Waals surface area contributed by atoms with Gasteiger partial charge in [0.2, 0.25) is 0 Å². The molecule has 0 aliphatic rings. The Morgan fingerprint density at radius 1 is 1.31 bits per heavy atom. The molecule has 10 heteroatoms. The third-order valence-electron chi connectivity index (χ3n) is 3.87. The van der Waals surface area contributed by atoms with Gasteiger partial charge in [-0.15, -0.1) is 0 Å². The van der Waals surface area contributed by atoms with Crippen LogP contribution in [-0.2, 0) is 16.9 Å². The molecule has 0 fully saturated rings. The minimum absolute atomic E-state index is 0.0727. The van der Waals surface area contributed by atoms with Gasteiger partial charge in [0.15, 0.2) is 15.5 Å². The first kappa shape index (κ1) is 17.8. The maximum absolute atomic E-state index is 13.0. The van der Waals surface area contributed by atoms with Gasteiger partial charge >= 0.3 is 5.97 Å². The zero-order valence-corrected chi connectivity index (χ0v) is 14.7. The van der Waals surface area contributed by atoms with Crippen LogP contribution in [0.1, 0.15) is 16.1 Å². The molecule has 26 heavy (non-hydrogen) atoms. The predicted molar refractivity (Wildman–Crippen MR) is 92.3 cm³/mol. The number of anilines is 1. The fourth-order valence-electron chi connectivity index (χ4n) is 2.65. The molecule has 0 aliphatic heterocycles. The van der Waals surface area contributed by atoms with E-state index in [2.05, 4.69) is 15.4 Å². The summed E-state index contributed by atoms with van der Waals surface area (Å²) in [5.74, 6) is -2.36. The molecule has 3 aromatic rings. The van der Waals surface area contributed by atoms with Crippen molar-refractivity contribution in [2.24, 2.45) is 7.05 Å². The lowest BCUT2D eigenvalue weighted by atomic mass is 10.1. The highest BCUT2D eigenvalue weighted by atomic mass is 32.2. The molecule has 0 bridgehead atoms. The van der Waals surface area contributed by atoms with Crippen molar-refractivity contribution in [3.8, 4) is 0 Å². The number of carboxylic acid groups (broad SMARTS) is 1. The number of nitrogens with one attached hydrogen (secondary N) is 1. The van der Waals surface area contributed by atoms with Crippen molar-refractivity contribution in [2.75, 3.05) is 11.2 Å². The molecule has 136 valence electrons. The number of aryl methyl sites for hydroxylation is 2. The van der Waals surface area contributed by atoms with Gasteiger partial charge in [-0.2, -0.15) is 5.10 Å². The number of nitrogens with zero attached hydrogens (tertiary/aromatic N) is 3. The predicted octanol–water partition coefficient (Wildman–Crippen LogP) is 1.96. The van der Waals surface area contributed by atoms with Gasteiger partial charge in [0.05, 0.1) is 21.7 Å². The van der Waals surface area contributed by atoms with E-state index in [4.69, 9.17) is 0 Å². The molecule has 0 unspecified atom stereocenters. The number of fused-ring (bicyclic) bond motifs is 1. The number of benzene rings is 1. The molecule has 2 heterocycles. The highest BCUT2D eigenvalue weighted by Gasteiger charge is 2.22. The average Bonchev–Trinajstić information content (AvgIpc) is 2.87. The number of carbonyl (C=O) groups is 1. The van der Waals surface area contributed by atoms with E-state index in [0.717, 1.165) is 30.5 Å². The van der Waals surface area contributed by atoms with Crippen LogP contribution in [0.15, 0.2) is 35.4 Å². The van der Waals surface area contributed by atoms with Crippen molar-refractivity contribution >= 4 is 32.5 Å². The number of carboxylic acids is 1. The number of aromatic nitrogens is 3. The van der Waals surface area contributed by atoms with Crippen LogP contribution in [0.25, 0.3) is 11.0 Å². The van der Waals surface area contributed by atoms with E-state index in [1.54, 1.807) is 14.0 Å². The van der Waals surface area contributed by atoms with Crippen LogP contribution >= 0.6 is 0 Å². The monoisotopic (exact) mass is 378 g/mol. The van der Waals surface area contributed by atoms with Crippen LogP contribution in [0, 0.1) is 12.7 Å². The molecule has 0 amide bonds. The number of rotatable bonds is 5. The maximum atomic E-state index is 13.0. The van der Waals surface area contributed by atoms with E-state index in [9.17, 15) is 22.7 Å². The van der Waals surface area contributed by atoms with Gasteiger partial charge in [0.1, 0.15) is 17.3 Å². The minimum atomic E-state index is -3.81. The van der Waals surface area contributed by atoms with E-state index in [-0.39, 0.29) is 16.1 Å². The summed E-state index contributed by atoms with van der Waals surface area (Å²) in [6.45, 7) is 1.68. The Hall–Kier alpha value is -3.01. The highest BCUT2D eigenvalue weighted by Crippen LogP contribution is 2.29. The van der Waals surface area contributed by atoms with Crippen LogP contribution in [0.3, 0.4) is 0 Å². The molecule has 1 aromatic carbocycles. The first-order valence-corrected chi connectivity index (χ1v) is 9.13. The van der Waals surface area contributed by atoms with E-state index >= 15 is 0 Å². The lowest BCUT2D eigenvalue weighted by molar-refractivity contribution is 0.0697. The van der Waals surface area contributed by atoms with Crippen LogP contribution in [0.2, 0.25) is 0 Å². The summed E-state index contributed by atoms with van der Waals surface area (Å²) >= 11 is 0. The van der Waals surface area contributed by atoms with Crippen molar-refractivity contribution in [1.29, 1.82) is 0 Å². The molecule has 0 radical (unpaired) electrons. The van der Waals surface area contributed by atoms with Crippen molar-refractivity contribution in [3.63, 3.8) is 0 Å². The summed E-state index contributed by atoms with van der Waals surface area (Å²) in [5, 5.41) is 16.7. The smallest absolute Gasteiger partial charge is 0.339 e. The third kappa shape index (κ3) is 3.10. The van der Waals surface area contributed by atoms with Gasteiger partial charge in [-0.3, -0.25) is 4.68 Å². The Morgan fingerprint density at radius 2 is 1.96 bits per heavy atom. The van der Waals surface area contributed by atoms with Crippen molar-refractivity contribution in [3.05, 3.63) is 47.5 Å². The van der Waals surface area contributed by atoms with Crippen LogP contribution in [0.5, 0.6) is 0 Å². The molecule has 0 saturated heterocycles. The molecule has 0 aliphatic carbocycles. The summed E-state index contributed by atoms with van der Waals surface area (Å²) in [7, 11) is -2.16. The molecule has 8 nitrogen and oxygen atoms in total. The summed E-state index contributed by atoms with van der Waals surface area (Å²) in [6, 6.07) is 4.40. The standard InChI is InChI=1S/C16H15FN4O4S/c1-9-13-14(12(16(22)23)7-18-15(13)21(2)20-9)19-8-26(24,25)11-5-3-10(17)4-6-11/h3-7H,8H2,1-2H3,(H,18,19)(H,22,23). The normalized spacial score (nSPS) is 11.7. The number of halogens is 1.